The molecule has 3 heteroatoms. The molecule has 1 saturated carbocycles. The molecule has 102 valence electrons. The van der Waals surface area contributed by atoms with Crippen molar-refractivity contribution in [1.82, 2.24) is 0 Å². The van der Waals surface area contributed by atoms with Gasteiger partial charge in [0.05, 0.1) is 12.7 Å². The molecule has 1 fully saturated rings. The van der Waals surface area contributed by atoms with Gasteiger partial charge in [0.1, 0.15) is 11.4 Å². The SMILES string of the molecule is COC(=O)C1=C(C)O[C@@]2(C)CCCC(C)(C)[C@@H]2C1. The minimum absolute atomic E-state index is 0.122. The van der Waals surface area contributed by atoms with Crippen molar-refractivity contribution in [3.05, 3.63) is 11.3 Å². The monoisotopic (exact) mass is 252 g/mol. The van der Waals surface area contributed by atoms with Crippen molar-refractivity contribution >= 4 is 5.97 Å². The molecule has 0 aromatic rings. The zero-order valence-electron chi connectivity index (χ0n) is 12.1. The molecule has 0 amide bonds. The molecule has 1 aliphatic carbocycles. The lowest BCUT2D eigenvalue weighted by Crippen LogP contribution is -2.51. The van der Waals surface area contributed by atoms with Gasteiger partial charge in [-0.2, -0.15) is 0 Å². The lowest BCUT2D eigenvalue weighted by atomic mass is 9.59. The number of ether oxygens (including phenoxy) is 2. The zero-order valence-corrected chi connectivity index (χ0v) is 12.1. The van der Waals surface area contributed by atoms with Gasteiger partial charge in [-0.3, -0.25) is 0 Å². The van der Waals surface area contributed by atoms with Crippen molar-refractivity contribution in [3.8, 4) is 0 Å². The molecule has 0 bridgehead atoms. The Morgan fingerprint density at radius 2 is 2.00 bits per heavy atom. The van der Waals surface area contributed by atoms with E-state index in [-0.39, 0.29) is 17.0 Å². The van der Waals surface area contributed by atoms with Gasteiger partial charge in [0.2, 0.25) is 0 Å². The molecule has 18 heavy (non-hydrogen) atoms. The van der Waals surface area contributed by atoms with Gasteiger partial charge in [0, 0.05) is 5.92 Å². The molecule has 0 spiro atoms. The van der Waals surface area contributed by atoms with Gasteiger partial charge in [0.25, 0.3) is 0 Å². The van der Waals surface area contributed by atoms with E-state index >= 15 is 0 Å². The van der Waals surface area contributed by atoms with Gasteiger partial charge in [-0.25, -0.2) is 4.79 Å². The third-order valence-corrected chi connectivity index (χ3v) is 4.83. The molecule has 3 nitrogen and oxygen atoms in total. The standard InChI is InChI=1S/C15H24O3/c1-10-11(13(16)17-5)9-12-14(2,3)7-6-8-15(12,4)18-10/h12H,6-9H2,1-5H3/t12-,15-/m0/s1. The van der Waals surface area contributed by atoms with Gasteiger partial charge >= 0.3 is 5.97 Å². The first kappa shape index (κ1) is 13.4. The summed E-state index contributed by atoms with van der Waals surface area (Å²) in [6.45, 7) is 8.65. The molecule has 0 unspecified atom stereocenters. The third kappa shape index (κ3) is 2.04. The van der Waals surface area contributed by atoms with Crippen molar-refractivity contribution in [2.24, 2.45) is 11.3 Å². The Hall–Kier alpha value is -0.990. The topological polar surface area (TPSA) is 35.5 Å². The molecule has 0 aromatic carbocycles. The van der Waals surface area contributed by atoms with E-state index < -0.39 is 0 Å². The number of allylic oxidation sites excluding steroid dienone is 1. The second kappa shape index (κ2) is 4.29. The molecular weight excluding hydrogens is 228 g/mol. The Bertz CT molecular complexity index is 395. The Labute approximate surface area is 110 Å². The van der Waals surface area contributed by atoms with E-state index in [0.29, 0.717) is 5.92 Å². The van der Waals surface area contributed by atoms with Gasteiger partial charge in [-0.05, 0) is 44.9 Å². The fraction of sp³-hybridized carbons (Fsp3) is 0.800. The quantitative estimate of drug-likeness (QED) is 0.671. The third-order valence-electron chi connectivity index (χ3n) is 4.83. The van der Waals surface area contributed by atoms with E-state index in [1.165, 1.54) is 20.0 Å². The average molecular weight is 252 g/mol. The Morgan fingerprint density at radius 1 is 1.33 bits per heavy atom. The molecule has 2 atom stereocenters. The summed E-state index contributed by atoms with van der Waals surface area (Å²) in [5.41, 5.74) is 0.811. The largest absolute Gasteiger partial charge is 0.491 e. The number of rotatable bonds is 1. The van der Waals surface area contributed by atoms with Crippen molar-refractivity contribution in [1.29, 1.82) is 0 Å². The van der Waals surface area contributed by atoms with E-state index in [2.05, 4.69) is 20.8 Å². The van der Waals surface area contributed by atoms with Crippen LogP contribution in [0.3, 0.4) is 0 Å². The molecule has 0 N–H and O–H groups in total. The highest BCUT2D eigenvalue weighted by Crippen LogP contribution is 2.53. The Morgan fingerprint density at radius 3 is 2.61 bits per heavy atom. The van der Waals surface area contributed by atoms with E-state index in [4.69, 9.17) is 9.47 Å². The summed E-state index contributed by atoms with van der Waals surface area (Å²) >= 11 is 0. The predicted octanol–water partition coefficient (Wildman–Crippen LogP) is 3.44. The number of carbonyl (C=O) groups excluding carboxylic acids is 1. The lowest BCUT2D eigenvalue weighted by molar-refractivity contribution is -0.144. The number of hydrogen-bond donors (Lipinski definition) is 0. The maximum atomic E-state index is 11.8. The van der Waals surface area contributed by atoms with Crippen LogP contribution >= 0.6 is 0 Å². The van der Waals surface area contributed by atoms with Crippen molar-refractivity contribution in [2.75, 3.05) is 7.11 Å². The number of carbonyl (C=O) groups is 1. The normalized spacial score (nSPS) is 34.6. The van der Waals surface area contributed by atoms with Crippen LogP contribution in [-0.4, -0.2) is 18.7 Å². The number of hydrogen-bond acceptors (Lipinski definition) is 3. The summed E-state index contributed by atoms with van der Waals surface area (Å²) in [5, 5.41) is 0. The Kier molecular flexibility index (Phi) is 3.20. The van der Waals surface area contributed by atoms with Crippen LogP contribution in [-0.2, 0) is 14.3 Å². The summed E-state index contributed by atoms with van der Waals surface area (Å²) in [5.74, 6) is 0.894. The highest BCUT2D eigenvalue weighted by molar-refractivity contribution is 5.89. The number of methoxy groups -OCH3 is 1. The van der Waals surface area contributed by atoms with Crippen LogP contribution in [0.1, 0.15) is 53.4 Å². The predicted molar refractivity (Wildman–Crippen MR) is 69.9 cm³/mol. The molecule has 0 radical (unpaired) electrons. The summed E-state index contributed by atoms with van der Waals surface area (Å²) in [6, 6.07) is 0. The summed E-state index contributed by atoms with van der Waals surface area (Å²) in [6.07, 6.45) is 4.25. The fourth-order valence-corrected chi connectivity index (χ4v) is 3.79. The summed E-state index contributed by atoms with van der Waals surface area (Å²) < 4.78 is 11.0. The smallest absolute Gasteiger partial charge is 0.337 e. The lowest BCUT2D eigenvalue weighted by Gasteiger charge is -2.53. The molecule has 2 rings (SSSR count). The van der Waals surface area contributed by atoms with Crippen molar-refractivity contribution < 1.29 is 14.3 Å². The van der Waals surface area contributed by atoms with Crippen LogP contribution in [0.15, 0.2) is 11.3 Å². The molecule has 1 heterocycles. The fourth-order valence-electron chi connectivity index (χ4n) is 3.79. The van der Waals surface area contributed by atoms with Crippen molar-refractivity contribution in [2.45, 2.75) is 59.0 Å². The highest BCUT2D eigenvalue weighted by atomic mass is 16.5. The Balaban J connectivity index is 2.36. The van der Waals surface area contributed by atoms with Crippen LogP contribution in [0.5, 0.6) is 0 Å². The first-order valence-electron chi connectivity index (χ1n) is 6.77. The van der Waals surface area contributed by atoms with Crippen LogP contribution < -0.4 is 0 Å². The molecule has 2 aliphatic rings. The second-order valence-corrected chi connectivity index (χ2v) is 6.54. The van der Waals surface area contributed by atoms with Crippen LogP contribution in [0.25, 0.3) is 0 Å². The van der Waals surface area contributed by atoms with Crippen LogP contribution in [0.2, 0.25) is 0 Å². The number of fused-ring (bicyclic) bond motifs is 1. The van der Waals surface area contributed by atoms with Crippen LogP contribution in [0.4, 0.5) is 0 Å². The molecule has 0 aromatic heterocycles. The van der Waals surface area contributed by atoms with E-state index in [1.807, 2.05) is 6.92 Å². The van der Waals surface area contributed by atoms with E-state index in [0.717, 1.165) is 24.2 Å². The van der Waals surface area contributed by atoms with Gasteiger partial charge < -0.3 is 9.47 Å². The van der Waals surface area contributed by atoms with Crippen molar-refractivity contribution in [3.63, 3.8) is 0 Å². The van der Waals surface area contributed by atoms with Gasteiger partial charge in [-0.15, -0.1) is 0 Å². The highest BCUT2D eigenvalue weighted by Gasteiger charge is 2.51. The van der Waals surface area contributed by atoms with Crippen LogP contribution in [0, 0.1) is 11.3 Å². The van der Waals surface area contributed by atoms with E-state index in [9.17, 15) is 4.79 Å². The summed E-state index contributed by atoms with van der Waals surface area (Å²) in [4.78, 5) is 11.8. The van der Waals surface area contributed by atoms with Gasteiger partial charge in [-0.1, -0.05) is 13.8 Å². The second-order valence-electron chi connectivity index (χ2n) is 6.54. The van der Waals surface area contributed by atoms with Gasteiger partial charge in [0.15, 0.2) is 0 Å². The molecular formula is C15H24O3. The first-order valence-corrected chi connectivity index (χ1v) is 6.77. The minimum atomic E-state index is -0.240. The minimum Gasteiger partial charge on any atom is -0.491 e. The number of esters is 1. The molecule has 0 saturated heterocycles. The first-order chi connectivity index (χ1) is 8.30. The zero-order chi connectivity index (χ0) is 13.6. The average Bonchev–Trinajstić information content (AvgIpc) is 2.26. The van der Waals surface area contributed by atoms with E-state index in [1.54, 1.807) is 0 Å². The maximum absolute atomic E-state index is 11.8. The molecule has 1 aliphatic heterocycles. The summed E-state index contributed by atoms with van der Waals surface area (Å²) in [7, 11) is 1.43. The maximum Gasteiger partial charge on any atom is 0.337 e.